The van der Waals surface area contributed by atoms with Crippen LogP contribution in [0.1, 0.15) is 38.3 Å². The normalized spacial score (nSPS) is 18.6. The highest BCUT2D eigenvalue weighted by molar-refractivity contribution is 5.11. The van der Waals surface area contributed by atoms with E-state index in [1.54, 1.807) is 13.3 Å². The molecular weight excluding hydrogens is 214 g/mol. The Labute approximate surface area is 103 Å². The maximum atomic E-state index is 5.02. The van der Waals surface area contributed by atoms with Crippen molar-refractivity contribution in [3.8, 4) is 5.88 Å². The number of hydrogen-bond acceptors (Lipinski definition) is 4. The second-order valence-corrected chi connectivity index (χ2v) is 4.89. The van der Waals surface area contributed by atoms with Crippen molar-refractivity contribution < 1.29 is 4.74 Å². The summed E-state index contributed by atoms with van der Waals surface area (Å²) in [4.78, 5) is 11.2. The van der Waals surface area contributed by atoms with Gasteiger partial charge >= 0.3 is 0 Å². The molecule has 0 bridgehead atoms. The molecule has 1 aromatic heterocycles. The Morgan fingerprint density at radius 2 is 1.94 bits per heavy atom. The minimum atomic E-state index is 0.559. The highest BCUT2D eigenvalue weighted by atomic mass is 16.5. The number of methoxy groups -OCH3 is 1. The van der Waals surface area contributed by atoms with E-state index in [4.69, 9.17) is 4.74 Å². The van der Waals surface area contributed by atoms with Crippen molar-refractivity contribution in [2.24, 2.45) is 0 Å². The van der Waals surface area contributed by atoms with Gasteiger partial charge in [-0.15, -0.1) is 0 Å². The van der Waals surface area contributed by atoms with Gasteiger partial charge in [0.25, 0.3) is 0 Å². The molecule has 1 aromatic rings. The fourth-order valence-electron chi connectivity index (χ4n) is 2.35. The lowest BCUT2D eigenvalue weighted by atomic mass is 9.93. The molecule has 17 heavy (non-hydrogen) atoms. The van der Waals surface area contributed by atoms with Crippen molar-refractivity contribution in [1.29, 1.82) is 0 Å². The Balaban J connectivity index is 1.95. The first-order valence-corrected chi connectivity index (χ1v) is 6.30. The van der Waals surface area contributed by atoms with E-state index >= 15 is 0 Å². The Morgan fingerprint density at radius 1 is 1.24 bits per heavy atom. The van der Waals surface area contributed by atoms with Crippen molar-refractivity contribution in [3.05, 3.63) is 18.1 Å². The Bertz CT molecular complexity index is 342. The molecule has 0 atom stereocenters. The summed E-state index contributed by atoms with van der Waals surface area (Å²) in [5, 5.41) is 0. The van der Waals surface area contributed by atoms with Crippen LogP contribution in [-0.4, -0.2) is 41.1 Å². The summed E-state index contributed by atoms with van der Waals surface area (Å²) in [7, 11) is 1.62. The van der Waals surface area contributed by atoms with Crippen LogP contribution in [0.25, 0.3) is 0 Å². The van der Waals surface area contributed by atoms with E-state index in [1.165, 1.54) is 12.8 Å². The fraction of sp³-hybridized carbons (Fsp3) is 0.692. The summed E-state index contributed by atoms with van der Waals surface area (Å²) in [6.45, 7) is 6.84. The van der Waals surface area contributed by atoms with Gasteiger partial charge in [-0.05, 0) is 39.8 Å². The van der Waals surface area contributed by atoms with E-state index < -0.39 is 0 Å². The maximum absolute atomic E-state index is 5.02. The third-order valence-electron chi connectivity index (χ3n) is 3.54. The van der Waals surface area contributed by atoms with Crippen molar-refractivity contribution in [3.63, 3.8) is 0 Å². The van der Waals surface area contributed by atoms with Crippen LogP contribution in [0, 0.1) is 0 Å². The maximum Gasteiger partial charge on any atom is 0.231 e. The zero-order valence-electron chi connectivity index (χ0n) is 10.9. The first kappa shape index (κ1) is 12.3. The average Bonchev–Trinajstić information content (AvgIpc) is 2.39. The van der Waals surface area contributed by atoms with E-state index in [9.17, 15) is 0 Å². The summed E-state index contributed by atoms with van der Waals surface area (Å²) in [6.07, 6.45) is 5.93. The highest BCUT2D eigenvalue weighted by Gasteiger charge is 2.22. The largest absolute Gasteiger partial charge is 0.480 e. The monoisotopic (exact) mass is 235 g/mol. The molecule has 94 valence electrons. The Morgan fingerprint density at radius 3 is 2.41 bits per heavy atom. The van der Waals surface area contributed by atoms with Gasteiger partial charge in [-0.3, -0.25) is 4.98 Å². The quantitative estimate of drug-likeness (QED) is 0.804. The molecule has 0 radical (unpaired) electrons. The molecule has 0 N–H and O–H groups in total. The van der Waals surface area contributed by atoms with Gasteiger partial charge in [0.05, 0.1) is 25.2 Å². The topological polar surface area (TPSA) is 38.2 Å². The average molecular weight is 235 g/mol. The molecule has 2 rings (SSSR count). The van der Waals surface area contributed by atoms with E-state index in [-0.39, 0.29) is 0 Å². The summed E-state index contributed by atoms with van der Waals surface area (Å²) in [6, 6.07) is 0.651. The lowest BCUT2D eigenvalue weighted by Gasteiger charge is -2.34. The van der Waals surface area contributed by atoms with E-state index in [0.717, 1.165) is 18.8 Å². The van der Waals surface area contributed by atoms with Crippen molar-refractivity contribution >= 4 is 0 Å². The van der Waals surface area contributed by atoms with Gasteiger partial charge in [0.2, 0.25) is 5.88 Å². The van der Waals surface area contributed by atoms with Crippen LogP contribution in [-0.2, 0) is 0 Å². The van der Waals surface area contributed by atoms with Gasteiger partial charge in [0.15, 0.2) is 0 Å². The van der Waals surface area contributed by atoms with Gasteiger partial charge < -0.3 is 9.64 Å². The van der Waals surface area contributed by atoms with Crippen LogP contribution in [0.15, 0.2) is 12.4 Å². The van der Waals surface area contributed by atoms with Gasteiger partial charge in [-0.2, -0.15) is 0 Å². The Hall–Kier alpha value is -1.16. The van der Waals surface area contributed by atoms with Crippen LogP contribution in [0.4, 0.5) is 0 Å². The van der Waals surface area contributed by atoms with Gasteiger partial charge in [-0.1, -0.05) is 0 Å². The predicted molar refractivity (Wildman–Crippen MR) is 67.3 cm³/mol. The number of piperidine rings is 1. The van der Waals surface area contributed by atoms with Crippen molar-refractivity contribution in [2.45, 2.75) is 38.6 Å². The third-order valence-corrected chi connectivity index (χ3v) is 3.54. The fourth-order valence-corrected chi connectivity index (χ4v) is 2.35. The van der Waals surface area contributed by atoms with Crippen molar-refractivity contribution in [2.75, 3.05) is 20.2 Å². The molecule has 1 saturated heterocycles. The standard InChI is InChI=1S/C13H21N3O/c1-10(2)16-6-4-11(5-7-16)12-8-15-13(17-3)9-14-12/h8-11H,4-7H2,1-3H3. The number of aromatic nitrogens is 2. The van der Waals surface area contributed by atoms with Gasteiger partial charge in [-0.25, -0.2) is 4.98 Å². The minimum absolute atomic E-state index is 0.559. The first-order chi connectivity index (χ1) is 8.20. The van der Waals surface area contributed by atoms with E-state index in [1.807, 2.05) is 6.20 Å². The lowest BCUT2D eigenvalue weighted by molar-refractivity contribution is 0.170. The number of hydrogen-bond donors (Lipinski definition) is 0. The molecule has 0 spiro atoms. The molecule has 0 aromatic carbocycles. The number of ether oxygens (including phenoxy) is 1. The summed E-state index contributed by atoms with van der Waals surface area (Å²) >= 11 is 0. The molecule has 0 amide bonds. The van der Waals surface area contributed by atoms with E-state index in [0.29, 0.717) is 17.8 Å². The number of likely N-dealkylation sites (tertiary alicyclic amines) is 1. The van der Waals surface area contributed by atoms with Gasteiger partial charge in [0, 0.05) is 12.0 Å². The molecule has 0 unspecified atom stereocenters. The highest BCUT2D eigenvalue weighted by Crippen LogP contribution is 2.27. The van der Waals surface area contributed by atoms with Crippen LogP contribution < -0.4 is 4.74 Å². The van der Waals surface area contributed by atoms with Crippen LogP contribution in [0.5, 0.6) is 5.88 Å². The van der Waals surface area contributed by atoms with Crippen molar-refractivity contribution in [1.82, 2.24) is 14.9 Å². The predicted octanol–water partition coefficient (Wildman–Crippen LogP) is 2.07. The Kier molecular flexibility index (Phi) is 3.94. The lowest BCUT2D eigenvalue weighted by Crippen LogP contribution is -2.38. The molecule has 0 saturated carbocycles. The molecule has 2 heterocycles. The second-order valence-electron chi connectivity index (χ2n) is 4.89. The minimum Gasteiger partial charge on any atom is -0.480 e. The second kappa shape index (κ2) is 5.45. The molecule has 4 nitrogen and oxygen atoms in total. The SMILES string of the molecule is COc1cnc(C2CCN(C(C)C)CC2)cn1. The first-order valence-electron chi connectivity index (χ1n) is 6.30. The molecule has 1 aliphatic rings. The van der Waals surface area contributed by atoms with Crippen LogP contribution in [0.2, 0.25) is 0 Å². The van der Waals surface area contributed by atoms with Crippen LogP contribution >= 0.6 is 0 Å². The zero-order chi connectivity index (χ0) is 12.3. The smallest absolute Gasteiger partial charge is 0.231 e. The third kappa shape index (κ3) is 2.94. The summed E-state index contributed by atoms with van der Waals surface area (Å²) < 4.78 is 5.02. The van der Waals surface area contributed by atoms with Gasteiger partial charge in [0.1, 0.15) is 0 Å². The molecule has 1 aliphatic heterocycles. The molecule has 4 heteroatoms. The molecule has 1 fully saturated rings. The summed E-state index contributed by atoms with van der Waals surface area (Å²) in [5.74, 6) is 1.15. The molecule has 0 aliphatic carbocycles. The van der Waals surface area contributed by atoms with E-state index in [2.05, 4.69) is 28.7 Å². The number of rotatable bonds is 3. The summed E-state index contributed by atoms with van der Waals surface area (Å²) in [5.41, 5.74) is 1.11. The number of nitrogens with zero attached hydrogens (tertiary/aromatic N) is 3. The zero-order valence-corrected chi connectivity index (χ0v) is 10.9. The van der Waals surface area contributed by atoms with Crippen LogP contribution in [0.3, 0.4) is 0 Å². The molecular formula is C13H21N3O.